The van der Waals surface area contributed by atoms with E-state index in [0.717, 1.165) is 48.3 Å². The molecule has 0 amide bonds. The van der Waals surface area contributed by atoms with Crippen LogP contribution in [0.1, 0.15) is 57.9 Å². The van der Waals surface area contributed by atoms with Gasteiger partial charge in [-0.15, -0.1) is 0 Å². The Balaban J connectivity index is 1.66. The molecule has 1 atom stereocenters. The van der Waals surface area contributed by atoms with E-state index in [4.69, 9.17) is 0 Å². The maximum Gasteiger partial charge on any atom is 0.251 e. The molecule has 0 radical (unpaired) electrons. The number of para-hydroxylation sites is 1. The van der Waals surface area contributed by atoms with Gasteiger partial charge in [0.15, 0.2) is 0 Å². The molecular weight excluding hydrogens is 296 g/mol. The lowest BCUT2D eigenvalue weighted by Crippen LogP contribution is -2.40. The summed E-state index contributed by atoms with van der Waals surface area (Å²) in [7, 11) is 0. The third-order valence-corrected chi connectivity index (χ3v) is 5.54. The molecule has 1 N–H and O–H groups in total. The SMILES string of the molecule is CC(C)CCC(C)N1CCC(c2cc3ccccc3[nH]c2=O)CC1. The number of nitrogens with zero attached hydrogens (tertiary/aromatic N) is 1. The molecule has 3 nitrogen and oxygen atoms in total. The van der Waals surface area contributed by atoms with Gasteiger partial charge in [0.2, 0.25) is 0 Å². The van der Waals surface area contributed by atoms with Gasteiger partial charge in [0.05, 0.1) is 0 Å². The number of rotatable bonds is 5. The number of likely N-dealkylation sites (tertiary alicyclic amines) is 1. The number of H-pyrrole nitrogens is 1. The Bertz CT molecular complexity index is 726. The van der Waals surface area contributed by atoms with Crippen molar-refractivity contribution in [3.63, 3.8) is 0 Å². The molecule has 1 aliphatic heterocycles. The molecular formula is C21H30N2O. The summed E-state index contributed by atoms with van der Waals surface area (Å²) in [6.45, 7) is 9.16. The predicted octanol–water partition coefficient (Wildman–Crippen LogP) is 4.53. The summed E-state index contributed by atoms with van der Waals surface area (Å²) >= 11 is 0. The molecule has 2 heterocycles. The van der Waals surface area contributed by atoms with Crippen LogP contribution in [0.15, 0.2) is 35.1 Å². The van der Waals surface area contributed by atoms with Crippen LogP contribution in [-0.4, -0.2) is 29.0 Å². The number of piperidine rings is 1. The molecule has 3 heteroatoms. The number of nitrogens with one attached hydrogen (secondary N) is 1. The fraction of sp³-hybridized carbons (Fsp3) is 0.571. The highest BCUT2D eigenvalue weighted by atomic mass is 16.1. The predicted molar refractivity (Wildman–Crippen MR) is 102 cm³/mol. The van der Waals surface area contributed by atoms with Crippen LogP contribution in [0.4, 0.5) is 0 Å². The van der Waals surface area contributed by atoms with E-state index in [-0.39, 0.29) is 5.56 Å². The maximum absolute atomic E-state index is 12.5. The van der Waals surface area contributed by atoms with E-state index in [9.17, 15) is 4.79 Å². The van der Waals surface area contributed by atoms with Crippen molar-refractivity contribution in [2.24, 2.45) is 5.92 Å². The summed E-state index contributed by atoms with van der Waals surface area (Å²) in [5.41, 5.74) is 2.01. The minimum Gasteiger partial charge on any atom is -0.322 e. The monoisotopic (exact) mass is 326 g/mol. The van der Waals surface area contributed by atoms with Crippen LogP contribution in [0.2, 0.25) is 0 Å². The first-order valence-electron chi connectivity index (χ1n) is 9.40. The Hall–Kier alpha value is -1.61. The standard InChI is InChI=1S/C21H30N2O/c1-15(2)8-9-16(3)23-12-10-17(11-13-23)19-14-18-6-4-5-7-20(18)22-21(19)24/h4-7,14-17H,8-13H2,1-3H3,(H,22,24). The molecule has 24 heavy (non-hydrogen) atoms. The number of fused-ring (bicyclic) bond motifs is 1. The van der Waals surface area contributed by atoms with E-state index in [0.29, 0.717) is 12.0 Å². The van der Waals surface area contributed by atoms with Crippen molar-refractivity contribution in [3.05, 3.63) is 46.2 Å². The Kier molecular flexibility index (Phi) is 5.40. The number of hydrogen-bond acceptors (Lipinski definition) is 2. The molecule has 0 bridgehead atoms. The van der Waals surface area contributed by atoms with Gasteiger partial charge in [-0.25, -0.2) is 0 Å². The minimum absolute atomic E-state index is 0.0972. The van der Waals surface area contributed by atoms with Crippen LogP contribution in [0, 0.1) is 5.92 Å². The average molecular weight is 326 g/mol. The zero-order valence-corrected chi connectivity index (χ0v) is 15.2. The van der Waals surface area contributed by atoms with Crippen molar-refractivity contribution in [2.75, 3.05) is 13.1 Å². The minimum atomic E-state index is 0.0972. The molecule has 130 valence electrons. The van der Waals surface area contributed by atoms with Gasteiger partial charge < -0.3 is 9.88 Å². The third kappa shape index (κ3) is 3.89. The number of aromatic amines is 1. The lowest BCUT2D eigenvalue weighted by Gasteiger charge is -2.36. The number of hydrogen-bond donors (Lipinski definition) is 1. The van der Waals surface area contributed by atoms with Crippen LogP contribution < -0.4 is 5.56 Å². The summed E-state index contributed by atoms with van der Waals surface area (Å²) in [5, 5.41) is 1.14. The van der Waals surface area contributed by atoms with Gasteiger partial charge >= 0.3 is 0 Å². The van der Waals surface area contributed by atoms with E-state index < -0.39 is 0 Å². The first-order valence-corrected chi connectivity index (χ1v) is 9.40. The Morgan fingerprint density at radius 2 is 1.83 bits per heavy atom. The largest absolute Gasteiger partial charge is 0.322 e. The summed E-state index contributed by atoms with van der Waals surface area (Å²) in [6.07, 6.45) is 4.76. The van der Waals surface area contributed by atoms with E-state index in [2.05, 4.69) is 42.8 Å². The molecule has 1 fully saturated rings. The van der Waals surface area contributed by atoms with Gasteiger partial charge in [-0.1, -0.05) is 32.0 Å². The lowest BCUT2D eigenvalue weighted by molar-refractivity contribution is 0.150. The van der Waals surface area contributed by atoms with Crippen molar-refractivity contribution < 1.29 is 0 Å². The first-order chi connectivity index (χ1) is 11.5. The summed E-state index contributed by atoms with van der Waals surface area (Å²) < 4.78 is 0. The van der Waals surface area contributed by atoms with Gasteiger partial charge in [-0.2, -0.15) is 0 Å². The van der Waals surface area contributed by atoms with Crippen LogP contribution in [0.25, 0.3) is 10.9 Å². The molecule has 0 aliphatic carbocycles. The van der Waals surface area contributed by atoms with Crippen molar-refractivity contribution in [3.8, 4) is 0 Å². The molecule has 1 unspecified atom stereocenters. The van der Waals surface area contributed by atoms with Crippen molar-refractivity contribution in [1.29, 1.82) is 0 Å². The van der Waals surface area contributed by atoms with Gasteiger partial charge in [-0.05, 0) is 75.1 Å². The second kappa shape index (κ2) is 7.52. The zero-order valence-electron chi connectivity index (χ0n) is 15.2. The van der Waals surface area contributed by atoms with Crippen LogP contribution in [0.5, 0.6) is 0 Å². The summed E-state index contributed by atoms with van der Waals surface area (Å²) in [4.78, 5) is 18.1. The van der Waals surface area contributed by atoms with E-state index in [1.165, 1.54) is 12.8 Å². The van der Waals surface area contributed by atoms with Gasteiger partial charge in [-0.3, -0.25) is 4.79 Å². The molecule has 1 aliphatic rings. The average Bonchev–Trinajstić information content (AvgIpc) is 2.59. The van der Waals surface area contributed by atoms with Crippen LogP contribution in [0.3, 0.4) is 0 Å². The van der Waals surface area contributed by atoms with E-state index >= 15 is 0 Å². The third-order valence-electron chi connectivity index (χ3n) is 5.54. The fourth-order valence-corrected chi connectivity index (χ4v) is 3.88. The second-order valence-electron chi connectivity index (χ2n) is 7.77. The van der Waals surface area contributed by atoms with Crippen molar-refractivity contribution >= 4 is 10.9 Å². The highest BCUT2D eigenvalue weighted by Gasteiger charge is 2.25. The molecule has 0 saturated carbocycles. The second-order valence-corrected chi connectivity index (χ2v) is 7.77. The molecule has 1 saturated heterocycles. The Morgan fingerprint density at radius 1 is 1.12 bits per heavy atom. The first kappa shape index (κ1) is 17.2. The summed E-state index contributed by atoms with van der Waals surface area (Å²) in [5.74, 6) is 1.17. The maximum atomic E-state index is 12.5. The quantitative estimate of drug-likeness (QED) is 0.876. The molecule has 1 aromatic heterocycles. The number of aromatic nitrogens is 1. The van der Waals surface area contributed by atoms with Gasteiger partial charge in [0.25, 0.3) is 5.56 Å². The van der Waals surface area contributed by atoms with Gasteiger partial charge in [0, 0.05) is 17.1 Å². The summed E-state index contributed by atoms with van der Waals surface area (Å²) in [6, 6.07) is 10.8. The zero-order chi connectivity index (χ0) is 17.1. The molecule has 0 spiro atoms. The number of benzene rings is 1. The highest BCUT2D eigenvalue weighted by Crippen LogP contribution is 2.29. The highest BCUT2D eigenvalue weighted by molar-refractivity contribution is 5.78. The van der Waals surface area contributed by atoms with Crippen molar-refractivity contribution in [2.45, 2.75) is 58.4 Å². The van der Waals surface area contributed by atoms with E-state index in [1.54, 1.807) is 0 Å². The Morgan fingerprint density at radius 3 is 2.54 bits per heavy atom. The van der Waals surface area contributed by atoms with Crippen LogP contribution in [-0.2, 0) is 0 Å². The van der Waals surface area contributed by atoms with Crippen molar-refractivity contribution in [1.82, 2.24) is 9.88 Å². The smallest absolute Gasteiger partial charge is 0.251 e. The van der Waals surface area contributed by atoms with E-state index in [1.807, 2.05) is 18.2 Å². The fourth-order valence-electron chi connectivity index (χ4n) is 3.88. The van der Waals surface area contributed by atoms with Gasteiger partial charge in [0.1, 0.15) is 0 Å². The topological polar surface area (TPSA) is 36.1 Å². The van der Waals surface area contributed by atoms with Crippen LogP contribution >= 0.6 is 0 Å². The molecule has 2 aromatic rings. The molecule has 3 rings (SSSR count). The molecule has 1 aromatic carbocycles. The lowest BCUT2D eigenvalue weighted by atomic mass is 9.88. The Labute approximate surface area is 145 Å². The number of pyridine rings is 1. The normalized spacial score (nSPS) is 18.3.